The number of hydrogen-bond acceptors (Lipinski definition) is 3. The van der Waals surface area contributed by atoms with Crippen molar-refractivity contribution in [1.29, 1.82) is 0 Å². The highest BCUT2D eigenvalue weighted by molar-refractivity contribution is 7.90. The SMILES string of the molecule is CN(CCCNC1CC1)S(=O)(=O)Nc1c(F)cccc1Cl. The van der Waals surface area contributed by atoms with E-state index in [-0.39, 0.29) is 10.7 Å². The van der Waals surface area contributed by atoms with Crippen LogP contribution in [0.15, 0.2) is 18.2 Å². The Labute approximate surface area is 129 Å². The number of benzene rings is 1. The quantitative estimate of drug-likeness (QED) is 0.716. The van der Waals surface area contributed by atoms with Crippen molar-refractivity contribution in [3.8, 4) is 0 Å². The average Bonchev–Trinajstić information content (AvgIpc) is 3.23. The Morgan fingerprint density at radius 1 is 1.43 bits per heavy atom. The molecule has 1 aliphatic carbocycles. The van der Waals surface area contributed by atoms with Gasteiger partial charge in [0.05, 0.1) is 5.02 Å². The second-order valence-corrected chi connectivity index (χ2v) is 7.29. The van der Waals surface area contributed by atoms with Crippen molar-refractivity contribution in [3.05, 3.63) is 29.0 Å². The van der Waals surface area contributed by atoms with Crippen LogP contribution in [0.25, 0.3) is 0 Å². The third-order valence-electron chi connectivity index (χ3n) is 3.26. The highest BCUT2D eigenvalue weighted by Gasteiger charge is 2.22. The van der Waals surface area contributed by atoms with Gasteiger partial charge < -0.3 is 5.32 Å². The third kappa shape index (κ3) is 4.81. The molecule has 0 atom stereocenters. The van der Waals surface area contributed by atoms with Crippen LogP contribution in [0.3, 0.4) is 0 Å². The molecule has 8 heteroatoms. The molecule has 0 aromatic heterocycles. The third-order valence-corrected chi connectivity index (χ3v) is 5.04. The van der Waals surface area contributed by atoms with Crippen LogP contribution in [0, 0.1) is 5.82 Å². The Morgan fingerprint density at radius 2 is 2.14 bits per heavy atom. The number of para-hydroxylation sites is 1. The maximum atomic E-state index is 13.6. The molecule has 1 aliphatic rings. The molecular weight excluding hydrogens is 317 g/mol. The molecule has 1 fully saturated rings. The minimum Gasteiger partial charge on any atom is -0.314 e. The summed E-state index contributed by atoms with van der Waals surface area (Å²) in [6.07, 6.45) is 3.09. The van der Waals surface area contributed by atoms with E-state index < -0.39 is 16.0 Å². The van der Waals surface area contributed by atoms with E-state index in [0.717, 1.165) is 16.9 Å². The lowest BCUT2D eigenvalue weighted by atomic mass is 10.3. The topological polar surface area (TPSA) is 61.4 Å². The van der Waals surface area contributed by atoms with E-state index >= 15 is 0 Å². The number of anilines is 1. The molecule has 21 heavy (non-hydrogen) atoms. The summed E-state index contributed by atoms with van der Waals surface area (Å²) in [6.45, 7) is 1.12. The normalized spacial score (nSPS) is 15.4. The number of halogens is 2. The Morgan fingerprint density at radius 3 is 2.76 bits per heavy atom. The van der Waals surface area contributed by atoms with Crippen LogP contribution in [0.2, 0.25) is 5.02 Å². The van der Waals surface area contributed by atoms with Crippen LogP contribution in [0.4, 0.5) is 10.1 Å². The summed E-state index contributed by atoms with van der Waals surface area (Å²) in [7, 11) is -2.36. The van der Waals surface area contributed by atoms with Gasteiger partial charge in [-0.1, -0.05) is 17.7 Å². The van der Waals surface area contributed by atoms with Gasteiger partial charge in [0, 0.05) is 19.6 Å². The minimum absolute atomic E-state index is 0.0300. The summed E-state index contributed by atoms with van der Waals surface area (Å²) in [6, 6.07) is 4.61. The zero-order valence-electron chi connectivity index (χ0n) is 11.8. The second kappa shape index (κ2) is 6.91. The molecule has 2 rings (SSSR count). The fourth-order valence-corrected chi connectivity index (χ4v) is 3.07. The Bertz CT molecular complexity index is 573. The van der Waals surface area contributed by atoms with Gasteiger partial charge in [-0.15, -0.1) is 0 Å². The Hall–Kier alpha value is -0.890. The predicted octanol–water partition coefficient (Wildman–Crippen LogP) is 2.21. The fourth-order valence-electron chi connectivity index (χ4n) is 1.82. The van der Waals surface area contributed by atoms with Gasteiger partial charge in [-0.25, -0.2) is 4.39 Å². The molecule has 0 unspecified atom stereocenters. The largest absolute Gasteiger partial charge is 0.314 e. The molecule has 0 amide bonds. The maximum Gasteiger partial charge on any atom is 0.301 e. The predicted molar refractivity (Wildman–Crippen MR) is 82.2 cm³/mol. The van der Waals surface area contributed by atoms with Crippen LogP contribution >= 0.6 is 11.6 Å². The van der Waals surface area contributed by atoms with Crippen molar-refractivity contribution >= 4 is 27.5 Å². The van der Waals surface area contributed by atoms with E-state index in [0.29, 0.717) is 19.0 Å². The smallest absolute Gasteiger partial charge is 0.301 e. The maximum absolute atomic E-state index is 13.6. The minimum atomic E-state index is -3.81. The summed E-state index contributed by atoms with van der Waals surface area (Å²) in [5, 5.41) is 3.34. The van der Waals surface area contributed by atoms with E-state index in [4.69, 9.17) is 11.6 Å². The van der Waals surface area contributed by atoms with E-state index in [2.05, 4.69) is 10.0 Å². The molecule has 0 aliphatic heterocycles. The van der Waals surface area contributed by atoms with Gasteiger partial charge in [0.2, 0.25) is 0 Å². The van der Waals surface area contributed by atoms with E-state index in [1.807, 2.05) is 0 Å². The zero-order valence-corrected chi connectivity index (χ0v) is 13.3. The lowest BCUT2D eigenvalue weighted by Gasteiger charge is -2.19. The van der Waals surface area contributed by atoms with Gasteiger partial charge in [0.1, 0.15) is 11.5 Å². The molecule has 1 saturated carbocycles. The Balaban J connectivity index is 1.90. The van der Waals surface area contributed by atoms with Gasteiger partial charge in [-0.05, 0) is 37.9 Å². The molecular formula is C13H19ClFN3O2S. The monoisotopic (exact) mass is 335 g/mol. The molecule has 0 radical (unpaired) electrons. The van der Waals surface area contributed by atoms with Crippen molar-refractivity contribution in [1.82, 2.24) is 9.62 Å². The standard InChI is InChI=1S/C13H19ClFN3O2S/c1-18(9-3-8-16-10-6-7-10)21(19,20)17-13-11(14)4-2-5-12(13)15/h2,4-5,10,16-17H,3,6-9H2,1H3. The number of nitrogens with one attached hydrogen (secondary N) is 2. The lowest BCUT2D eigenvalue weighted by Crippen LogP contribution is -2.35. The number of rotatable bonds is 8. The molecule has 1 aromatic carbocycles. The van der Waals surface area contributed by atoms with Gasteiger partial charge in [-0.2, -0.15) is 12.7 Å². The molecule has 118 valence electrons. The van der Waals surface area contributed by atoms with Gasteiger partial charge >= 0.3 is 10.2 Å². The molecule has 0 saturated heterocycles. The molecule has 2 N–H and O–H groups in total. The molecule has 5 nitrogen and oxygen atoms in total. The van der Waals surface area contributed by atoms with Crippen molar-refractivity contribution in [3.63, 3.8) is 0 Å². The summed E-state index contributed by atoms with van der Waals surface area (Å²) in [5.74, 6) is -0.699. The van der Waals surface area contributed by atoms with Crippen molar-refractivity contribution in [2.45, 2.75) is 25.3 Å². The number of hydrogen-bond donors (Lipinski definition) is 2. The highest BCUT2D eigenvalue weighted by Crippen LogP contribution is 2.26. The molecule has 0 bridgehead atoms. The van der Waals surface area contributed by atoms with E-state index in [1.54, 1.807) is 0 Å². The first-order chi connectivity index (χ1) is 9.90. The zero-order chi connectivity index (χ0) is 15.5. The Kier molecular flexibility index (Phi) is 5.43. The van der Waals surface area contributed by atoms with Crippen LogP contribution in [0.1, 0.15) is 19.3 Å². The molecule has 0 spiro atoms. The van der Waals surface area contributed by atoms with Gasteiger partial charge in [-0.3, -0.25) is 4.72 Å². The van der Waals surface area contributed by atoms with Crippen molar-refractivity contribution < 1.29 is 12.8 Å². The van der Waals surface area contributed by atoms with Crippen LogP contribution in [-0.4, -0.2) is 38.9 Å². The van der Waals surface area contributed by atoms with E-state index in [1.165, 1.54) is 32.0 Å². The van der Waals surface area contributed by atoms with Crippen LogP contribution in [-0.2, 0) is 10.2 Å². The first-order valence-electron chi connectivity index (χ1n) is 6.81. The lowest BCUT2D eigenvalue weighted by molar-refractivity contribution is 0.457. The van der Waals surface area contributed by atoms with Gasteiger partial charge in [0.25, 0.3) is 0 Å². The van der Waals surface area contributed by atoms with Crippen molar-refractivity contribution in [2.75, 3.05) is 24.9 Å². The summed E-state index contributed by atoms with van der Waals surface area (Å²) < 4.78 is 41.2. The summed E-state index contributed by atoms with van der Waals surface area (Å²) in [5.41, 5.74) is -0.220. The van der Waals surface area contributed by atoms with Gasteiger partial charge in [0.15, 0.2) is 0 Å². The van der Waals surface area contributed by atoms with Crippen molar-refractivity contribution in [2.24, 2.45) is 0 Å². The first kappa shape index (κ1) is 16.5. The van der Waals surface area contributed by atoms with Crippen LogP contribution < -0.4 is 10.0 Å². The van der Waals surface area contributed by atoms with Crippen LogP contribution in [0.5, 0.6) is 0 Å². The number of nitrogens with zero attached hydrogens (tertiary/aromatic N) is 1. The second-order valence-electron chi connectivity index (χ2n) is 5.11. The molecule has 1 aromatic rings. The van der Waals surface area contributed by atoms with E-state index in [9.17, 15) is 12.8 Å². The highest BCUT2D eigenvalue weighted by atomic mass is 35.5. The first-order valence-corrected chi connectivity index (χ1v) is 8.63. The summed E-state index contributed by atoms with van der Waals surface area (Å²) in [4.78, 5) is 0. The fraction of sp³-hybridized carbons (Fsp3) is 0.538. The molecule has 0 heterocycles. The summed E-state index contributed by atoms with van der Waals surface area (Å²) >= 11 is 5.81. The average molecular weight is 336 g/mol.